The molecule has 3 aromatic heterocycles. The highest BCUT2D eigenvalue weighted by atomic mass is 32.2. The van der Waals surface area contributed by atoms with E-state index in [1.54, 1.807) is 42.2 Å². The van der Waals surface area contributed by atoms with Crippen LogP contribution >= 0.6 is 11.8 Å². The lowest BCUT2D eigenvalue weighted by Crippen LogP contribution is -2.24. The van der Waals surface area contributed by atoms with Crippen molar-refractivity contribution in [2.45, 2.75) is 18.1 Å². The van der Waals surface area contributed by atoms with Crippen LogP contribution in [0.1, 0.15) is 17.3 Å². The molecule has 4 aromatic rings. The predicted octanol–water partition coefficient (Wildman–Crippen LogP) is 1.24. The lowest BCUT2D eigenvalue weighted by Gasteiger charge is -2.11. The highest BCUT2D eigenvalue weighted by Crippen LogP contribution is 2.25. The number of rotatable bonds is 9. The Morgan fingerprint density at radius 1 is 1.18 bits per heavy atom. The predicted molar refractivity (Wildman–Crippen MR) is 120 cm³/mol. The minimum atomic E-state index is -0.604. The molecule has 0 atom stereocenters. The number of aromatic nitrogens is 5. The van der Waals surface area contributed by atoms with Crippen LogP contribution in [0.3, 0.4) is 0 Å². The van der Waals surface area contributed by atoms with Gasteiger partial charge in [-0.3, -0.25) is 19.1 Å². The van der Waals surface area contributed by atoms with Gasteiger partial charge in [0, 0.05) is 24.2 Å². The number of H-pyrrole nitrogens is 2. The molecule has 0 aliphatic heterocycles. The fraction of sp³-hybridized carbons (Fsp3) is 0.190. The molecule has 0 bridgehead atoms. The summed E-state index contributed by atoms with van der Waals surface area (Å²) in [5.41, 5.74) is -0.0233. The summed E-state index contributed by atoms with van der Waals surface area (Å²) in [5, 5.41) is 11.7. The molecule has 1 aromatic carbocycles. The monoisotopic (exact) mass is 468 g/mol. The van der Waals surface area contributed by atoms with Crippen LogP contribution in [0.2, 0.25) is 0 Å². The number of hydrogen-bond donors (Lipinski definition) is 3. The number of carbonyl (C=O) groups is 1. The number of thioether (sulfide) groups is 1. The van der Waals surface area contributed by atoms with Gasteiger partial charge in [-0.1, -0.05) is 17.8 Å². The van der Waals surface area contributed by atoms with Gasteiger partial charge in [-0.15, -0.1) is 10.2 Å². The maximum Gasteiger partial charge on any atom is 0.325 e. The average molecular weight is 468 g/mol. The standard InChI is InChI=1S/C21H20N6O5S/c1-31-15-5-2-4-14(10-15)27-17(8-13-9-18(28)24-20(30)23-13)25-26-21(27)33-12-19(29)22-11-16-6-3-7-32-16/h2-7,9-10H,8,11-12H2,1H3,(H,22,29)(H2,23,24,28,30). The molecule has 0 spiro atoms. The van der Waals surface area contributed by atoms with Crippen molar-refractivity contribution < 1.29 is 13.9 Å². The van der Waals surface area contributed by atoms with Crippen LogP contribution in [0.5, 0.6) is 5.75 Å². The summed E-state index contributed by atoms with van der Waals surface area (Å²) in [6.45, 7) is 0.288. The Balaban J connectivity index is 1.58. The Morgan fingerprint density at radius 3 is 2.82 bits per heavy atom. The molecule has 3 heterocycles. The van der Waals surface area contributed by atoms with Crippen molar-refractivity contribution in [2.75, 3.05) is 12.9 Å². The minimum absolute atomic E-state index is 0.102. The van der Waals surface area contributed by atoms with Crippen LogP contribution in [0.25, 0.3) is 5.69 Å². The first kappa shape index (κ1) is 22.1. The van der Waals surface area contributed by atoms with E-state index in [4.69, 9.17) is 9.15 Å². The van der Waals surface area contributed by atoms with Gasteiger partial charge >= 0.3 is 5.69 Å². The number of ether oxygens (including phenoxy) is 1. The van der Waals surface area contributed by atoms with E-state index in [0.717, 1.165) is 0 Å². The Labute approximate surface area is 191 Å². The van der Waals surface area contributed by atoms with E-state index >= 15 is 0 Å². The second-order valence-electron chi connectivity index (χ2n) is 6.87. The van der Waals surface area contributed by atoms with Gasteiger partial charge in [0.2, 0.25) is 5.91 Å². The van der Waals surface area contributed by atoms with Crippen LogP contribution in [-0.4, -0.2) is 43.5 Å². The van der Waals surface area contributed by atoms with Gasteiger partial charge in [-0.05, 0) is 24.3 Å². The highest BCUT2D eigenvalue weighted by Gasteiger charge is 2.17. The molecular weight excluding hydrogens is 448 g/mol. The maximum atomic E-state index is 12.3. The SMILES string of the molecule is COc1cccc(-n2c(Cc3cc(=O)[nH]c(=O)[nH]3)nnc2SCC(=O)NCc2ccco2)c1. The molecule has 0 unspecified atom stereocenters. The van der Waals surface area contributed by atoms with Crippen molar-refractivity contribution in [3.8, 4) is 11.4 Å². The Bertz CT molecular complexity index is 1330. The van der Waals surface area contributed by atoms with E-state index < -0.39 is 11.2 Å². The smallest absolute Gasteiger partial charge is 0.325 e. The summed E-state index contributed by atoms with van der Waals surface area (Å²) in [5.74, 6) is 1.66. The molecule has 1 amide bonds. The minimum Gasteiger partial charge on any atom is -0.497 e. The van der Waals surface area contributed by atoms with Crippen molar-refractivity contribution in [3.05, 3.63) is 86.8 Å². The third-order valence-corrected chi connectivity index (χ3v) is 5.48. The number of carbonyl (C=O) groups excluding carboxylic acids is 1. The first-order chi connectivity index (χ1) is 16.0. The second kappa shape index (κ2) is 10.0. The largest absolute Gasteiger partial charge is 0.497 e. The molecule has 3 N–H and O–H groups in total. The summed E-state index contributed by atoms with van der Waals surface area (Å²) >= 11 is 1.20. The van der Waals surface area contributed by atoms with Crippen LogP contribution in [0, 0.1) is 0 Å². The Morgan fingerprint density at radius 2 is 2.06 bits per heavy atom. The third-order valence-electron chi connectivity index (χ3n) is 4.55. The quantitative estimate of drug-likeness (QED) is 0.311. The topological polar surface area (TPSA) is 148 Å². The van der Waals surface area contributed by atoms with Crippen molar-refractivity contribution in [1.82, 2.24) is 30.0 Å². The summed E-state index contributed by atoms with van der Waals surface area (Å²) in [6.07, 6.45) is 1.69. The lowest BCUT2D eigenvalue weighted by molar-refractivity contribution is -0.118. The number of nitrogens with one attached hydrogen (secondary N) is 3. The molecule has 0 fully saturated rings. The van der Waals surface area contributed by atoms with Crippen molar-refractivity contribution >= 4 is 17.7 Å². The molecular formula is C21H20N6O5S. The molecule has 0 aliphatic carbocycles. The van der Waals surface area contributed by atoms with E-state index in [0.29, 0.717) is 33.9 Å². The molecule has 170 valence electrons. The molecule has 12 heteroatoms. The number of amides is 1. The Kier molecular flexibility index (Phi) is 6.74. The molecule has 33 heavy (non-hydrogen) atoms. The zero-order valence-corrected chi connectivity index (χ0v) is 18.3. The maximum absolute atomic E-state index is 12.3. The van der Waals surface area contributed by atoms with Crippen LogP contribution in [0.4, 0.5) is 0 Å². The second-order valence-corrected chi connectivity index (χ2v) is 7.81. The van der Waals surface area contributed by atoms with E-state index in [1.807, 2.05) is 12.1 Å². The average Bonchev–Trinajstić information content (AvgIpc) is 3.45. The third kappa shape index (κ3) is 5.60. The first-order valence-corrected chi connectivity index (χ1v) is 10.8. The van der Waals surface area contributed by atoms with Gasteiger partial charge in [0.05, 0.1) is 31.4 Å². The molecule has 11 nitrogen and oxygen atoms in total. The normalized spacial score (nSPS) is 10.8. The number of benzene rings is 1. The van der Waals surface area contributed by atoms with Crippen LogP contribution < -0.4 is 21.3 Å². The number of hydrogen-bond acceptors (Lipinski definition) is 8. The zero-order chi connectivity index (χ0) is 23.2. The first-order valence-electron chi connectivity index (χ1n) is 9.85. The van der Waals surface area contributed by atoms with Gasteiger partial charge in [0.15, 0.2) is 5.16 Å². The van der Waals surface area contributed by atoms with E-state index in [9.17, 15) is 14.4 Å². The Hall–Kier alpha value is -4.06. The summed E-state index contributed by atoms with van der Waals surface area (Å²) in [6, 6.07) is 12.1. The number of methoxy groups -OCH3 is 1. The summed E-state index contributed by atoms with van der Waals surface area (Å²) < 4.78 is 12.3. The van der Waals surface area contributed by atoms with E-state index in [1.165, 1.54) is 17.8 Å². The molecule has 0 saturated carbocycles. The summed E-state index contributed by atoms with van der Waals surface area (Å²) in [4.78, 5) is 40.4. The van der Waals surface area contributed by atoms with Gasteiger partial charge in [0.25, 0.3) is 5.56 Å². The molecule has 0 saturated heterocycles. The molecule has 0 aliphatic rings. The van der Waals surface area contributed by atoms with Crippen molar-refractivity contribution in [2.24, 2.45) is 0 Å². The van der Waals surface area contributed by atoms with Crippen molar-refractivity contribution in [1.29, 1.82) is 0 Å². The van der Waals surface area contributed by atoms with Crippen LogP contribution in [-0.2, 0) is 17.8 Å². The fourth-order valence-electron chi connectivity index (χ4n) is 3.08. The number of aromatic amines is 2. The fourth-order valence-corrected chi connectivity index (χ4v) is 3.88. The summed E-state index contributed by atoms with van der Waals surface area (Å²) in [7, 11) is 1.56. The van der Waals surface area contributed by atoms with Gasteiger partial charge in [-0.25, -0.2) is 4.79 Å². The van der Waals surface area contributed by atoms with Crippen molar-refractivity contribution in [3.63, 3.8) is 0 Å². The highest BCUT2D eigenvalue weighted by molar-refractivity contribution is 7.99. The molecule has 4 rings (SSSR count). The van der Waals surface area contributed by atoms with Gasteiger partial charge < -0.3 is 19.5 Å². The van der Waals surface area contributed by atoms with E-state index in [-0.39, 0.29) is 24.6 Å². The van der Waals surface area contributed by atoms with Crippen LogP contribution in [0.15, 0.2) is 67.9 Å². The lowest BCUT2D eigenvalue weighted by atomic mass is 10.2. The van der Waals surface area contributed by atoms with Gasteiger partial charge in [-0.2, -0.15) is 0 Å². The van der Waals surface area contributed by atoms with Gasteiger partial charge in [0.1, 0.15) is 17.3 Å². The number of furan rings is 1. The number of nitrogens with zero attached hydrogens (tertiary/aromatic N) is 3. The molecule has 0 radical (unpaired) electrons. The zero-order valence-electron chi connectivity index (χ0n) is 17.5. The van der Waals surface area contributed by atoms with E-state index in [2.05, 4.69) is 25.5 Å².